The van der Waals surface area contributed by atoms with Gasteiger partial charge in [-0.15, -0.1) is 0 Å². The lowest BCUT2D eigenvalue weighted by atomic mass is 10.00. The fourth-order valence-corrected chi connectivity index (χ4v) is 2.49. The molecule has 3 rings (SSSR count). The van der Waals surface area contributed by atoms with Crippen LogP contribution in [0.25, 0.3) is 11.1 Å². The molecule has 1 unspecified atom stereocenters. The third kappa shape index (κ3) is 2.90. The first-order valence-corrected chi connectivity index (χ1v) is 7.08. The van der Waals surface area contributed by atoms with Crippen LogP contribution in [-0.4, -0.2) is 12.1 Å². The standard InChI is InChI=1S/C19H16FNO/c1-22-19(18-8-4-5-13-21-18)15-11-9-14(10-12-15)16-6-2-3-7-17(16)20/h2-13,19H,1H3. The number of halogens is 1. The van der Waals surface area contributed by atoms with Crippen LogP contribution in [-0.2, 0) is 4.74 Å². The van der Waals surface area contributed by atoms with E-state index in [2.05, 4.69) is 4.98 Å². The predicted octanol–water partition coefficient (Wildman–Crippen LogP) is 4.62. The summed E-state index contributed by atoms with van der Waals surface area (Å²) in [6.45, 7) is 0. The molecule has 0 amide bonds. The lowest BCUT2D eigenvalue weighted by Gasteiger charge is -2.15. The Balaban J connectivity index is 1.92. The van der Waals surface area contributed by atoms with Crippen LogP contribution in [0.15, 0.2) is 72.9 Å². The highest BCUT2D eigenvalue weighted by Crippen LogP contribution is 2.27. The molecule has 0 bridgehead atoms. The van der Waals surface area contributed by atoms with Gasteiger partial charge >= 0.3 is 0 Å². The molecule has 110 valence electrons. The molecule has 0 aliphatic heterocycles. The SMILES string of the molecule is COC(c1ccc(-c2ccccc2F)cc1)c1ccccn1. The molecule has 0 fully saturated rings. The number of hydrogen-bond donors (Lipinski definition) is 0. The van der Waals surface area contributed by atoms with Crippen LogP contribution in [0.2, 0.25) is 0 Å². The second-order valence-corrected chi connectivity index (χ2v) is 4.97. The summed E-state index contributed by atoms with van der Waals surface area (Å²) in [5.74, 6) is -0.219. The van der Waals surface area contributed by atoms with E-state index >= 15 is 0 Å². The zero-order valence-corrected chi connectivity index (χ0v) is 12.2. The molecule has 3 heteroatoms. The minimum absolute atomic E-state index is 0.219. The summed E-state index contributed by atoms with van der Waals surface area (Å²) in [4.78, 5) is 4.34. The molecular weight excluding hydrogens is 277 g/mol. The average molecular weight is 293 g/mol. The first-order chi connectivity index (χ1) is 10.8. The lowest BCUT2D eigenvalue weighted by molar-refractivity contribution is 0.133. The van der Waals surface area contributed by atoms with Gasteiger partial charge in [-0.3, -0.25) is 4.98 Å². The number of pyridine rings is 1. The number of benzene rings is 2. The van der Waals surface area contributed by atoms with E-state index in [1.165, 1.54) is 6.07 Å². The second-order valence-electron chi connectivity index (χ2n) is 4.97. The summed E-state index contributed by atoms with van der Waals surface area (Å²) in [6, 6.07) is 20.2. The zero-order valence-electron chi connectivity index (χ0n) is 12.2. The summed E-state index contributed by atoms with van der Waals surface area (Å²) < 4.78 is 19.4. The molecule has 1 heterocycles. The van der Waals surface area contributed by atoms with Gasteiger partial charge < -0.3 is 4.74 Å². The Hall–Kier alpha value is -2.52. The monoisotopic (exact) mass is 293 g/mol. The van der Waals surface area contributed by atoms with E-state index in [1.807, 2.05) is 48.5 Å². The molecule has 0 saturated heterocycles. The predicted molar refractivity (Wildman–Crippen MR) is 84.9 cm³/mol. The van der Waals surface area contributed by atoms with Crippen LogP contribution < -0.4 is 0 Å². The first-order valence-electron chi connectivity index (χ1n) is 7.08. The Labute approximate surface area is 129 Å². The fraction of sp³-hybridized carbons (Fsp3) is 0.105. The van der Waals surface area contributed by atoms with E-state index < -0.39 is 0 Å². The van der Waals surface area contributed by atoms with Crippen LogP contribution in [0, 0.1) is 5.82 Å². The topological polar surface area (TPSA) is 22.1 Å². The van der Waals surface area contributed by atoms with Crippen LogP contribution in [0.4, 0.5) is 4.39 Å². The Morgan fingerprint density at radius 1 is 0.909 bits per heavy atom. The highest BCUT2D eigenvalue weighted by atomic mass is 19.1. The van der Waals surface area contributed by atoms with Crippen molar-refractivity contribution in [1.29, 1.82) is 0 Å². The molecule has 0 spiro atoms. The number of ether oxygens (including phenoxy) is 1. The normalized spacial score (nSPS) is 12.1. The van der Waals surface area contributed by atoms with Crippen molar-refractivity contribution >= 4 is 0 Å². The maximum atomic E-state index is 13.8. The van der Waals surface area contributed by atoms with Crippen molar-refractivity contribution in [3.05, 3.63) is 90.0 Å². The minimum atomic E-state index is -0.226. The van der Waals surface area contributed by atoms with Gasteiger partial charge in [0.2, 0.25) is 0 Å². The van der Waals surface area contributed by atoms with Gasteiger partial charge in [-0.2, -0.15) is 0 Å². The minimum Gasteiger partial charge on any atom is -0.370 e. The summed E-state index contributed by atoms with van der Waals surface area (Å²) in [7, 11) is 1.66. The molecule has 0 aliphatic rings. The number of rotatable bonds is 4. The van der Waals surface area contributed by atoms with Gasteiger partial charge in [-0.05, 0) is 29.3 Å². The third-order valence-electron chi connectivity index (χ3n) is 3.59. The van der Waals surface area contributed by atoms with Crippen molar-refractivity contribution < 1.29 is 9.13 Å². The van der Waals surface area contributed by atoms with Crippen LogP contribution in [0.5, 0.6) is 0 Å². The van der Waals surface area contributed by atoms with Gasteiger partial charge in [0.25, 0.3) is 0 Å². The van der Waals surface area contributed by atoms with Crippen molar-refractivity contribution in [1.82, 2.24) is 4.98 Å². The summed E-state index contributed by atoms with van der Waals surface area (Å²) in [5, 5.41) is 0. The van der Waals surface area contributed by atoms with Gasteiger partial charge in [0, 0.05) is 18.9 Å². The van der Waals surface area contributed by atoms with Crippen molar-refractivity contribution in [2.75, 3.05) is 7.11 Å². The Bertz CT molecular complexity index is 741. The maximum Gasteiger partial charge on any atom is 0.131 e. The molecule has 1 aromatic heterocycles. The van der Waals surface area contributed by atoms with Crippen molar-refractivity contribution in [2.24, 2.45) is 0 Å². The molecule has 22 heavy (non-hydrogen) atoms. The van der Waals surface area contributed by atoms with Crippen molar-refractivity contribution in [3.8, 4) is 11.1 Å². The Morgan fingerprint density at radius 3 is 2.27 bits per heavy atom. The van der Waals surface area contributed by atoms with Crippen LogP contribution in [0.1, 0.15) is 17.4 Å². The lowest BCUT2D eigenvalue weighted by Crippen LogP contribution is -2.05. The summed E-state index contributed by atoms with van der Waals surface area (Å²) in [5.41, 5.74) is 3.28. The highest BCUT2D eigenvalue weighted by molar-refractivity contribution is 5.64. The quantitative estimate of drug-likeness (QED) is 0.700. The smallest absolute Gasteiger partial charge is 0.131 e. The molecule has 2 nitrogen and oxygen atoms in total. The van der Waals surface area contributed by atoms with E-state index in [0.29, 0.717) is 5.56 Å². The average Bonchev–Trinajstić information content (AvgIpc) is 2.58. The van der Waals surface area contributed by atoms with E-state index in [-0.39, 0.29) is 11.9 Å². The van der Waals surface area contributed by atoms with Gasteiger partial charge in [0.05, 0.1) is 5.69 Å². The maximum absolute atomic E-state index is 13.8. The molecule has 0 saturated carbocycles. The number of methoxy groups -OCH3 is 1. The zero-order chi connectivity index (χ0) is 15.4. The number of aromatic nitrogens is 1. The fourth-order valence-electron chi connectivity index (χ4n) is 2.49. The number of nitrogens with zero attached hydrogens (tertiary/aromatic N) is 1. The Morgan fingerprint density at radius 2 is 1.64 bits per heavy atom. The molecular formula is C19H16FNO. The Kier molecular flexibility index (Phi) is 4.26. The van der Waals surface area contributed by atoms with Gasteiger partial charge in [-0.1, -0.05) is 48.5 Å². The summed E-state index contributed by atoms with van der Waals surface area (Å²) in [6.07, 6.45) is 1.52. The van der Waals surface area contributed by atoms with Crippen molar-refractivity contribution in [3.63, 3.8) is 0 Å². The van der Waals surface area contributed by atoms with E-state index in [0.717, 1.165) is 16.8 Å². The third-order valence-corrected chi connectivity index (χ3v) is 3.59. The summed E-state index contributed by atoms with van der Waals surface area (Å²) >= 11 is 0. The molecule has 1 atom stereocenters. The van der Waals surface area contributed by atoms with E-state index in [1.54, 1.807) is 25.4 Å². The molecule has 0 N–H and O–H groups in total. The van der Waals surface area contributed by atoms with Crippen LogP contribution in [0.3, 0.4) is 0 Å². The van der Waals surface area contributed by atoms with Crippen LogP contribution >= 0.6 is 0 Å². The highest BCUT2D eigenvalue weighted by Gasteiger charge is 2.14. The van der Waals surface area contributed by atoms with Crippen molar-refractivity contribution in [2.45, 2.75) is 6.10 Å². The molecule has 2 aromatic carbocycles. The van der Waals surface area contributed by atoms with E-state index in [4.69, 9.17) is 4.74 Å². The molecule has 0 radical (unpaired) electrons. The van der Waals surface area contributed by atoms with Gasteiger partial charge in [0.15, 0.2) is 0 Å². The number of hydrogen-bond acceptors (Lipinski definition) is 2. The molecule has 0 aliphatic carbocycles. The van der Waals surface area contributed by atoms with Gasteiger partial charge in [-0.25, -0.2) is 4.39 Å². The first kappa shape index (κ1) is 14.4. The largest absolute Gasteiger partial charge is 0.370 e. The van der Waals surface area contributed by atoms with E-state index in [9.17, 15) is 4.39 Å². The molecule has 3 aromatic rings. The second kappa shape index (κ2) is 6.50. The van der Waals surface area contributed by atoms with Gasteiger partial charge in [0.1, 0.15) is 11.9 Å².